The third kappa shape index (κ3) is 4.23. The number of carbonyl (C=O) groups is 1. The fraction of sp³-hybridized carbons (Fsp3) is 0.235. The Labute approximate surface area is 130 Å². The zero-order valence-corrected chi connectivity index (χ0v) is 13.0. The van der Waals surface area contributed by atoms with E-state index < -0.39 is 0 Å². The second-order valence-electron chi connectivity index (χ2n) is 4.99. The van der Waals surface area contributed by atoms with Crippen LogP contribution in [0.1, 0.15) is 24.1 Å². The molecule has 2 aromatic rings. The van der Waals surface area contributed by atoms with Crippen LogP contribution in [-0.2, 0) is 6.54 Å². The molecule has 0 saturated heterocycles. The lowest BCUT2D eigenvalue weighted by molar-refractivity contribution is 0.194. The lowest BCUT2D eigenvalue weighted by Crippen LogP contribution is -2.38. The van der Waals surface area contributed by atoms with Gasteiger partial charge in [-0.2, -0.15) is 0 Å². The topological polar surface area (TPSA) is 32.3 Å². The van der Waals surface area contributed by atoms with E-state index in [-0.39, 0.29) is 12.1 Å². The highest BCUT2D eigenvalue weighted by Crippen LogP contribution is 2.18. The van der Waals surface area contributed by atoms with Crippen molar-refractivity contribution in [3.63, 3.8) is 0 Å². The summed E-state index contributed by atoms with van der Waals surface area (Å²) < 4.78 is 0. The summed E-state index contributed by atoms with van der Waals surface area (Å²) in [6.07, 6.45) is 0. The number of halogens is 1. The Bertz CT molecular complexity index is 601. The van der Waals surface area contributed by atoms with E-state index in [2.05, 4.69) is 5.32 Å². The third-order valence-electron chi connectivity index (χ3n) is 3.52. The summed E-state index contributed by atoms with van der Waals surface area (Å²) in [5.74, 6) is 0. The monoisotopic (exact) mass is 302 g/mol. The van der Waals surface area contributed by atoms with Crippen molar-refractivity contribution in [2.24, 2.45) is 0 Å². The summed E-state index contributed by atoms with van der Waals surface area (Å²) in [6.45, 7) is 2.47. The Hall–Kier alpha value is -2.00. The average molecular weight is 303 g/mol. The van der Waals surface area contributed by atoms with E-state index in [4.69, 9.17) is 11.6 Å². The van der Waals surface area contributed by atoms with Gasteiger partial charge in [-0.15, -0.1) is 0 Å². The average Bonchev–Trinajstić information content (AvgIpc) is 2.52. The first-order valence-electron chi connectivity index (χ1n) is 6.88. The Kier molecular flexibility index (Phi) is 5.23. The molecule has 0 aliphatic heterocycles. The van der Waals surface area contributed by atoms with Gasteiger partial charge in [-0.05, 0) is 30.2 Å². The van der Waals surface area contributed by atoms with E-state index >= 15 is 0 Å². The highest BCUT2D eigenvalue weighted by atomic mass is 35.5. The number of nitrogens with zero attached hydrogens (tertiary/aromatic N) is 1. The van der Waals surface area contributed by atoms with Gasteiger partial charge in [-0.25, -0.2) is 4.79 Å². The Morgan fingerprint density at radius 1 is 1.19 bits per heavy atom. The normalized spacial score (nSPS) is 11.8. The molecule has 1 atom stereocenters. The van der Waals surface area contributed by atoms with Crippen molar-refractivity contribution in [2.75, 3.05) is 7.05 Å². The maximum atomic E-state index is 12.2. The lowest BCUT2D eigenvalue weighted by atomic mass is 10.1. The van der Waals surface area contributed by atoms with Crippen molar-refractivity contribution in [2.45, 2.75) is 19.5 Å². The van der Waals surface area contributed by atoms with Gasteiger partial charge in [0.2, 0.25) is 0 Å². The number of rotatable bonds is 4. The van der Waals surface area contributed by atoms with Gasteiger partial charge in [-0.1, -0.05) is 54.1 Å². The second kappa shape index (κ2) is 7.14. The van der Waals surface area contributed by atoms with Gasteiger partial charge in [0, 0.05) is 18.6 Å². The quantitative estimate of drug-likeness (QED) is 0.900. The molecule has 0 aliphatic rings. The van der Waals surface area contributed by atoms with Crippen molar-refractivity contribution >= 4 is 17.6 Å². The van der Waals surface area contributed by atoms with Gasteiger partial charge < -0.3 is 10.2 Å². The molecular weight excluding hydrogens is 284 g/mol. The molecule has 0 bridgehead atoms. The first-order valence-corrected chi connectivity index (χ1v) is 7.26. The molecule has 3 nitrogen and oxygen atoms in total. The first kappa shape index (κ1) is 15.4. The fourth-order valence-electron chi connectivity index (χ4n) is 2.08. The van der Waals surface area contributed by atoms with Crippen LogP contribution in [-0.4, -0.2) is 18.0 Å². The number of urea groups is 1. The number of nitrogens with one attached hydrogen (secondary N) is 1. The van der Waals surface area contributed by atoms with Crippen LogP contribution in [0.25, 0.3) is 0 Å². The van der Waals surface area contributed by atoms with E-state index in [9.17, 15) is 4.79 Å². The third-order valence-corrected chi connectivity index (χ3v) is 3.75. The summed E-state index contributed by atoms with van der Waals surface area (Å²) in [4.78, 5) is 13.9. The molecule has 0 heterocycles. The molecule has 2 rings (SSSR count). The standard InChI is InChI=1S/C17H19ClN2O/c1-13(15-8-4-3-5-9-15)20(2)17(21)19-12-14-7-6-10-16(18)11-14/h3-11,13H,12H2,1-2H3,(H,19,21). The first-order chi connectivity index (χ1) is 10.1. The predicted octanol–water partition coefficient (Wildman–Crippen LogP) is 4.24. The summed E-state index contributed by atoms with van der Waals surface area (Å²) in [7, 11) is 1.80. The molecule has 1 N–H and O–H groups in total. The molecule has 0 aromatic heterocycles. The SMILES string of the molecule is CC(c1ccccc1)N(C)C(=O)NCc1cccc(Cl)c1. The number of hydrogen-bond acceptors (Lipinski definition) is 1. The van der Waals surface area contributed by atoms with Crippen LogP contribution in [0.4, 0.5) is 4.79 Å². The number of benzene rings is 2. The van der Waals surface area contributed by atoms with Gasteiger partial charge >= 0.3 is 6.03 Å². The van der Waals surface area contributed by atoms with Crippen LogP contribution in [0.5, 0.6) is 0 Å². The van der Waals surface area contributed by atoms with Crippen LogP contribution < -0.4 is 5.32 Å². The van der Waals surface area contributed by atoms with E-state index in [1.54, 1.807) is 11.9 Å². The molecule has 4 heteroatoms. The highest BCUT2D eigenvalue weighted by Gasteiger charge is 2.16. The van der Waals surface area contributed by atoms with Crippen LogP contribution in [0.2, 0.25) is 5.02 Å². The summed E-state index contributed by atoms with van der Waals surface area (Å²) in [6, 6.07) is 17.3. The smallest absolute Gasteiger partial charge is 0.317 e. The van der Waals surface area contributed by atoms with Crippen molar-refractivity contribution < 1.29 is 4.79 Å². The molecule has 0 aliphatic carbocycles. The van der Waals surface area contributed by atoms with Crippen LogP contribution >= 0.6 is 11.6 Å². The van der Waals surface area contributed by atoms with Crippen LogP contribution in [0.15, 0.2) is 54.6 Å². The number of carbonyl (C=O) groups excluding carboxylic acids is 1. The van der Waals surface area contributed by atoms with Crippen molar-refractivity contribution in [1.29, 1.82) is 0 Å². The van der Waals surface area contributed by atoms with Crippen molar-refractivity contribution in [3.05, 3.63) is 70.7 Å². The molecule has 2 amide bonds. The van der Waals surface area contributed by atoms with Gasteiger partial charge in [0.05, 0.1) is 6.04 Å². The Morgan fingerprint density at radius 2 is 1.90 bits per heavy atom. The molecule has 0 saturated carbocycles. The summed E-state index contributed by atoms with van der Waals surface area (Å²) in [5, 5.41) is 3.58. The second-order valence-corrected chi connectivity index (χ2v) is 5.42. The van der Waals surface area contributed by atoms with E-state index in [1.807, 2.05) is 61.5 Å². The minimum atomic E-state index is -0.105. The zero-order valence-electron chi connectivity index (χ0n) is 12.2. The zero-order chi connectivity index (χ0) is 15.2. The molecule has 110 valence electrons. The van der Waals surface area contributed by atoms with Gasteiger partial charge in [0.25, 0.3) is 0 Å². The van der Waals surface area contributed by atoms with Crippen molar-refractivity contribution in [3.8, 4) is 0 Å². The molecule has 0 fully saturated rings. The van der Waals surface area contributed by atoms with Gasteiger partial charge in [0.1, 0.15) is 0 Å². The van der Waals surface area contributed by atoms with Crippen LogP contribution in [0.3, 0.4) is 0 Å². The maximum absolute atomic E-state index is 12.2. The lowest BCUT2D eigenvalue weighted by Gasteiger charge is -2.25. The van der Waals surface area contributed by atoms with Crippen LogP contribution in [0, 0.1) is 0 Å². The molecule has 0 spiro atoms. The van der Waals surface area contributed by atoms with Gasteiger partial charge in [-0.3, -0.25) is 0 Å². The minimum absolute atomic E-state index is 0.0190. The number of amides is 2. The summed E-state index contributed by atoms with van der Waals surface area (Å²) >= 11 is 5.93. The minimum Gasteiger partial charge on any atom is -0.334 e. The van der Waals surface area contributed by atoms with Crippen molar-refractivity contribution in [1.82, 2.24) is 10.2 Å². The molecule has 1 unspecified atom stereocenters. The molecule has 21 heavy (non-hydrogen) atoms. The molecule has 2 aromatic carbocycles. The van der Waals surface area contributed by atoms with E-state index in [1.165, 1.54) is 0 Å². The maximum Gasteiger partial charge on any atom is 0.317 e. The Morgan fingerprint density at radius 3 is 2.57 bits per heavy atom. The Balaban J connectivity index is 1.94. The molecular formula is C17H19ClN2O. The number of hydrogen-bond donors (Lipinski definition) is 1. The summed E-state index contributed by atoms with van der Waals surface area (Å²) in [5.41, 5.74) is 2.09. The largest absolute Gasteiger partial charge is 0.334 e. The predicted molar refractivity (Wildman–Crippen MR) is 86.3 cm³/mol. The van der Waals surface area contributed by atoms with Gasteiger partial charge in [0.15, 0.2) is 0 Å². The van der Waals surface area contributed by atoms with E-state index in [0.29, 0.717) is 11.6 Å². The highest BCUT2D eigenvalue weighted by molar-refractivity contribution is 6.30. The molecule has 0 radical (unpaired) electrons. The fourth-order valence-corrected chi connectivity index (χ4v) is 2.29. The van der Waals surface area contributed by atoms with E-state index in [0.717, 1.165) is 11.1 Å².